The number of halogens is 1. The summed E-state index contributed by atoms with van der Waals surface area (Å²) in [6, 6.07) is 4.76. The predicted octanol–water partition coefficient (Wildman–Crippen LogP) is 3.13. The molecule has 0 aliphatic heterocycles. The molecular weight excluding hydrogens is 291 g/mol. The minimum Gasteiger partial charge on any atom is -0.494 e. The van der Waals surface area contributed by atoms with E-state index in [2.05, 4.69) is 10.1 Å². The van der Waals surface area contributed by atoms with Crippen molar-refractivity contribution in [3.05, 3.63) is 34.5 Å². The number of rotatable bonds is 3. The van der Waals surface area contributed by atoms with E-state index in [1.165, 1.54) is 13.2 Å². The number of benzene rings is 1. The van der Waals surface area contributed by atoms with E-state index in [0.717, 1.165) is 23.3 Å². The summed E-state index contributed by atoms with van der Waals surface area (Å²) in [6.45, 7) is 2.03. The molecule has 2 aromatic heterocycles. The molecule has 0 aliphatic rings. The molecule has 0 unspecified atom stereocenters. The highest BCUT2D eigenvalue weighted by molar-refractivity contribution is 7.71. The van der Waals surface area contributed by atoms with Gasteiger partial charge in [-0.15, -0.1) is 0 Å². The van der Waals surface area contributed by atoms with Crippen molar-refractivity contribution in [2.75, 3.05) is 7.11 Å². The summed E-state index contributed by atoms with van der Waals surface area (Å²) in [6.07, 6.45) is 0.795. The smallest absolute Gasteiger partial charge is 0.184 e. The topological polar surface area (TPSA) is 47.8 Å². The number of methoxy groups -OCH3 is 1. The Balaban J connectivity index is 2.30. The summed E-state index contributed by atoms with van der Waals surface area (Å²) in [4.78, 5) is 3.15. The maximum absolute atomic E-state index is 13.9. The van der Waals surface area contributed by atoms with Crippen LogP contribution in [0.1, 0.15) is 12.6 Å². The van der Waals surface area contributed by atoms with E-state index < -0.39 is 5.82 Å². The van der Waals surface area contributed by atoms with Crippen LogP contribution >= 0.6 is 12.2 Å². The highest BCUT2D eigenvalue weighted by Crippen LogP contribution is 2.25. The van der Waals surface area contributed by atoms with E-state index >= 15 is 0 Å². The summed E-state index contributed by atoms with van der Waals surface area (Å²) in [5, 5.41) is 4.45. The predicted molar refractivity (Wildman–Crippen MR) is 81.1 cm³/mol. The molecule has 0 amide bonds. The van der Waals surface area contributed by atoms with E-state index in [4.69, 9.17) is 17.0 Å². The summed E-state index contributed by atoms with van der Waals surface area (Å²) >= 11 is 5.37. The summed E-state index contributed by atoms with van der Waals surface area (Å²) in [7, 11) is 3.29. The maximum Gasteiger partial charge on any atom is 0.184 e. The third-order valence-electron chi connectivity index (χ3n) is 3.46. The van der Waals surface area contributed by atoms with Gasteiger partial charge in [-0.2, -0.15) is 5.10 Å². The van der Waals surface area contributed by atoms with Crippen LogP contribution in [0.4, 0.5) is 4.39 Å². The maximum atomic E-state index is 13.9. The Kier molecular flexibility index (Phi) is 3.29. The number of ether oxygens (including phenoxy) is 1. The van der Waals surface area contributed by atoms with Gasteiger partial charge in [0.15, 0.2) is 22.0 Å². The van der Waals surface area contributed by atoms with Gasteiger partial charge in [0.05, 0.1) is 18.5 Å². The fraction of sp³-hybridized carbons (Fsp3) is 0.286. The van der Waals surface area contributed by atoms with Crippen molar-refractivity contribution in [3.8, 4) is 11.4 Å². The molecule has 0 saturated carbocycles. The summed E-state index contributed by atoms with van der Waals surface area (Å²) in [5.41, 5.74) is 3.28. The van der Waals surface area contributed by atoms with Crippen molar-refractivity contribution in [2.45, 2.75) is 13.3 Å². The monoisotopic (exact) mass is 306 g/mol. The molecule has 1 aromatic carbocycles. The molecule has 5 nitrogen and oxygen atoms in total. The van der Waals surface area contributed by atoms with Crippen LogP contribution in [-0.2, 0) is 13.5 Å². The first-order chi connectivity index (χ1) is 10.1. The number of nitrogens with one attached hydrogen (secondary N) is 1. The normalized spacial score (nSPS) is 11.2. The van der Waals surface area contributed by atoms with Crippen LogP contribution in [0.15, 0.2) is 18.2 Å². The molecule has 0 atom stereocenters. The van der Waals surface area contributed by atoms with Crippen molar-refractivity contribution in [2.24, 2.45) is 7.05 Å². The highest BCUT2D eigenvalue weighted by Gasteiger charge is 2.16. The average Bonchev–Trinajstić information content (AvgIpc) is 2.95. The zero-order valence-electron chi connectivity index (χ0n) is 12.0. The van der Waals surface area contributed by atoms with Crippen LogP contribution < -0.4 is 4.74 Å². The Bertz CT molecular complexity index is 877. The van der Waals surface area contributed by atoms with Crippen molar-refractivity contribution in [1.82, 2.24) is 19.3 Å². The van der Waals surface area contributed by atoms with Crippen LogP contribution in [-0.4, -0.2) is 26.4 Å². The number of fused-ring (bicyclic) bond motifs is 1. The summed E-state index contributed by atoms with van der Waals surface area (Å²) in [5.74, 6) is -0.222. The van der Waals surface area contributed by atoms with Gasteiger partial charge in [-0.3, -0.25) is 4.57 Å². The fourth-order valence-electron chi connectivity index (χ4n) is 2.49. The van der Waals surface area contributed by atoms with Gasteiger partial charge in [-0.1, -0.05) is 6.92 Å². The molecule has 21 heavy (non-hydrogen) atoms. The molecule has 0 radical (unpaired) electrons. The largest absolute Gasteiger partial charge is 0.494 e. The van der Waals surface area contributed by atoms with Crippen molar-refractivity contribution in [1.29, 1.82) is 0 Å². The zero-order chi connectivity index (χ0) is 15.1. The van der Waals surface area contributed by atoms with Crippen molar-refractivity contribution in [3.63, 3.8) is 0 Å². The van der Waals surface area contributed by atoms with Crippen molar-refractivity contribution < 1.29 is 9.13 Å². The standard InChI is InChI=1S/C14H15FN4OS/c1-4-10-12-13(18(2)17-10)19(14(21)16-12)8-5-6-11(20-3)9(15)7-8/h5-7H,4H2,1-3H3,(H,16,21). The number of H-pyrrole nitrogens is 1. The number of aromatic nitrogens is 4. The molecule has 3 aromatic rings. The third-order valence-corrected chi connectivity index (χ3v) is 3.75. The first kappa shape index (κ1) is 13.8. The first-order valence-electron chi connectivity index (χ1n) is 6.57. The molecule has 0 aliphatic carbocycles. The second kappa shape index (κ2) is 5.00. The molecule has 0 bridgehead atoms. The second-order valence-electron chi connectivity index (χ2n) is 4.71. The molecule has 0 saturated heterocycles. The van der Waals surface area contributed by atoms with Gasteiger partial charge < -0.3 is 9.72 Å². The number of hydrogen-bond donors (Lipinski definition) is 1. The first-order valence-corrected chi connectivity index (χ1v) is 6.98. The Hall–Kier alpha value is -2.15. The number of aryl methyl sites for hydroxylation is 2. The molecule has 3 rings (SSSR count). The van der Waals surface area contributed by atoms with Crippen molar-refractivity contribution >= 4 is 23.4 Å². The van der Waals surface area contributed by atoms with Crippen LogP contribution in [0.25, 0.3) is 16.9 Å². The van der Waals surface area contributed by atoms with Crippen LogP contribution in [0, 0.1) is 10.6 Å². The Labute approximate surface area is 126 Å². The van der Waals surface area contributed by atoms with Crippen LogP contribution in [0.3, 0.4) is 0 Å². The molecule has 2 heterocycles. The lowest BCUT2D eigenvalue weighted by atomic mass is 10.3. The van der Waals surface area contributed by atoms with Crippen LogP contribution in [0.5, 0.6) is 5.75 Å². The molecule has 0 fully saturated rings. The lowest BCUT2D eigenvalue weighted by Crippen LogP contribution is -2.02. The number of imidazole rings is 1. The quantitative estimate of drug-likeness (QED) is 0.756. The highest BCUT2D eigenvalue weighted by atomic mass is 32.1. The third kappa shape index (κ3) is 2.04. The lowest BCUT2D eigenvalue weighted by molar-refractivity contribution is 0.386. The van der Waals surface area contributed by atoms with E-state index in [1.807, 2.05) is 14.0 Å². The minimum atomic E-state index is -0.427. The van der Waals surface area contributed by atoms with Gasteiger partial charge >= 0.3 is 0 Å². The minimum absolute atomic E-state index is 0.205. The Morgan fingerprint density at radius 2 is 2.19 bits per heavy atom. The summed E-state index contributed by atoms with van der Waals surface area (Å²) < 4.78 is 22.9. The average molecular weight is 306 g/mol. The van der Waals surface area contributed by atoms with Gasteiger partial charge in [0, 0.05) is 13.1 Å². The number of nitrogens with zero attached hydrogens (tertiary/aromatic N) is 3. The SMILES string of the molecule is CCc1nn(C)c2c1[nH]c(=S)n2-c1ccc(OC)c(F)c1. The number of aromatic amines is 1. The fourth-order valence-corrected chi connectivity index (χ4v) is 2.79. The van der Waals surface area contributed by atoms with Gasteiger partial charge in [0.1, 0.15) is 5.52 Å². The van der Waals surface area contributed by atoms with Gasteiger partial charge in [0.25, 0.3) is 0 Å². The molecule has 7 heteroatoms. The van der Waals surface area contributed by atoms with E-state index in [0.29, 0.717) is 10.5 Å². The van der Waals surface area contributed by atoms with Gasteiger partial charge in [-0.05, 0) is 30.8 Å². The van der Waals surface area contributed by atoms with Gasteiger partial charge in [0.2, 0.25) is 0 Å². The second-order valence-corrected chi connectivity index (χ2v) is 5.09. The molecule has 0 spiro atoms. The zero-order valence-corrected chi connectivity index (χ0v) is 12.8. The van der Waals surface area contributed by atoms with Gasteiger partial charge in [-0.25, -0.2) is 9.07 Å². The molecular formula is C14H15FN4OS. The Morgan fingerprint density at radius 3 is 2.81 bits per heavy atom. The van der Waals surface area contributed by atoms with Crippen LogP contribution in [0.2, 0.25) is 0 Å². The van der Waals surface area contributed by atoms with E-state index in [-0.39, 0.29) is 5.75 Å². The van der Waals surface area contributed by atoms with E-state index in [1.54, 1.807) is 21.4 Å². The molecule has 110 valence electrons. The lowest BCUT2D eigenvalue weighted by Gasteiger charge is -2.07. The Morgan fingerprint density at radius 1 is 1.43 bits per heavy atom. The molecule has 1 N–H and O–H groups in total. The van der Waals surface area contributed by atoms with E-state index in [9.17, 15) is 4.39 Å². The number of hydrogen-bond acceptors (Lipinski definition) is 3.